The van der Waals surface area contributed by atoms with Crippen LogP contribution in [0.1, 0.15) is 24.2 Å². The molecule has 1 aromatic carbocycles. The maximum absolute atomic E-state index is 5.65. The van der Waals surface area contributed by atoms with E-state index in [1.165, 1.54) is 0 Å². The predicted octanol–water partition coefficient (Wildman–Crippen LogP) is 2.82. The molecule has 2 aromatic rings. The molecular weight excluding hydrogens is 433 g/mol. The molecule has 1 heterocycles. The molecule has 0 radical (unpaired) electrons. The topological polar surface area (TPSA) is 84.6 Å². The Hall–Kier alpha value is -2.10. The highest BCUT2D eigenvalue weighted by molar-refractivity contribution is 14.0. The minimum atomic E-state index is 0. The van der Waals surface area contributed by atoms with Crippen molar-refractivity contribution in [2.45, 2.75) is 26.9 Å². The van der Waals surface area contributed by atoms with E-state index in [0.717, 1.165) is 17.9 Å². The third kappa shape index (κ3) is 7.12. The summed E-state index contributed by atoms with van der Waals surface area (Å²) in [5, 5.41) is 10.1. The van der Waals surface area contributed by atoms with E-state index in [9.17, 15) is 0 Å². The number of nitrogens with one attached hydrogen (secondary N) is 2. The Morgan fingerprint density at radius 3 is 2.84 bits per heavy atom. The Morgan fingerprint density at radius 1 is 1.36 bits per heavy atom. The molecule has 2 N–H and O–H groups in total. The number of nitrogens with zero attached hydrogens (tertiary/aromatic N) is 3. The van der Waals surface area contributed by atoms with Crippen LogP contribution in [0, 0.1) is 6.92 Å². The third-order valence-electron chi connectivity index (χ3n) is 3.06. The second-order valence-electron chi connectivity index (χ2n) is 4.99. The minimum absolute atomic E-state index is 0. The number of rotatable bonds is 8. The van der Waals surface area contributed by atoms with Crippen molar-refractivity contribution in [3.05, 3.63) is 54.2 Å². The fraction of sp³-hybridized carbons (Fsp3) is 0.353. The van der Waals surface area contributed by atoms with Crippen LogP contribution in [-0.2, 0) is 13.1 Å². The Kier molecular flexibility index (Phi) is 9.60. The van der Waals surface area contributed by atoms with Gasteiger partial charge in [0.1, 0.15) is 12.4 Å². The van der Waals surface area contributed by atoms with Crippen LogP contribution >= 0.6 is 24.0 Å². The van der Waals surface area contributed by atoms with Crippen LogP contribution < -0.4 is 15.4 Å². The van der Waals surface area contributed by atoms with E-state index in [1.54, 1.807) is 13.0 Å². The predicted molar refractivity (Wildman–Crippen MR) is 108 cm³/mol. The Bertz CT molecular complexity index is 687. The highest BCUT2D eigenvalue weighted by atomic mass is 127. The van der Waals surface area contributed by atoms with Gasteiger partial charge in [-0.1, -0.05) is 36.0 Å². The maximum Gasteiger partial charge on any atom is 0.246 e. The molecule has 0 saturated heterocycles. The summed E-state index contributed by atoms with van der Waals surface area (Å²) < 4.78 is 10.7. The molecule has 8 heteroatoms. The van der Waals surface area contributed by atoms with E-state index in [-0.39, 0.29) is 24.0 Å². The van der Waals surface area contributed by atoms with Gasteiger partial charge in [-0.05, 0) is 19.9 Å². The molecule has 0 amide bonds. The fourth-order valence-electron chi connectivity index (χ4n) is 2.00. The fourth-order valence-corrected chi connectivity index (χ4v) is 2.00. The zero-order chi connectivity index (χ0) is 17.2. The van der Waals surface area contributed by atoms with Gasteiger partial charge in [0.05, 0.1) is 13.1 Å². The first-order valence-electron chi connectivity index (χ1n) is 7.86. The Balaban J connectivity index is 0.00000312. The zero-order valence-electron chi connectivity index (χ0n) is 14.5. The van der Waals surface area contributed by atoms with E-state index >= 15 is 0 Å². The molecule has 0 aliphatic rings. The number of para-hydroxylation sites is 1. The summed E-state index contributed by atoms with van der Waals surface area (Å²) in [5.41, 5.74) is 1.00. The highest BCUT2D eigenvalue weighted by Gasteiger charge is 2.06. The molecule has 0 atom stereocenters. The van der Waals surface area contributed by atoms with E-state index in [0.29, 0.717) is 37.4 Å². The maximum atomic E-state index is 5.65. The molecule has 0 fully saturated rings. The van der Waals surface area contributed by atoms with Crippen molar-refractivity contribution >= 4 is 29.9 Å². The van der Waals surface area contributed by atoms with E-state index in [2.05, 4.69) is 32.3 Å². The van der Waals surface area contributed by atoms with Gasteiger partial charge >= 0.3 is 0 Å². The number of benzene rings is 1. The van der Waals surface area contributed by atoms with Crippen molar-refractivity contribution < 1.29 is 9.26 Å². The van der Waals surface area contributed by atoms with E-state index in [4.69, 9.17) is 9.26 Å². The lowest BCUT2D eigenvalue weighted by atomic mass is 10.2. The van der Waals surface area contributed by atoms with Crippen molar-refractivity contribution in [2.24, 2.45) is 4.99 Å². The monoisotopic (exact) mass is 457 g/mol. The van der Waals surface area contributed by atoms with Crippen LogP contribution in [0.25, 0.3) is 0 Å². The van der Waals surface area contributed by atoms with Crippen molar-refractivity contribution in [3.8, 4) is 5.75 Å². The second-order valence-corrected chi connectivity index (χ2v) is 4.99. The van der Waals surface area contributed by atoms with Crippen LogP contribution in [0.2, 0.25) is 0 Å². The molecular formula is C17H24IN5O2. The normalized spacial score (nSPS) is 10.7. The van der Waals surface area contributed by atoms with Gasteiger partial charge in [0.15, 0.2) is 11.8 Å². The lowest BCUT2D eigenvalue weighted by Gasteiger charge is -2.11. The van der Waals surface area contributed by atoms with Gasteiger partial charge in [-0.2, -0.15) is 4.98 Å². The summed E-state index contributed by atoms with van der Waals surface area (Å²) in [4.78, 5) is 8.73. The van der Waals surface area contributed by atoms with Crippen LogP contribution in [0.15, 0.2) is 46.4 Å². The number of halogens is 1. The molecule has 25 heavy (non-hydrogen) atoms. The summed E-state index contributed by atoms with van der Waals surface area (Å²) in [6, 6.07) is 7.82. The standard InChI is InChI=1S/C17H23N5O2.HI/c1-4-10-23-15-9-7-6-8-14(15)11-19-17(18-5-2)20-12-16-21-13(3)22-24-16;/h4,6-9H,1,5,10-12H2,2-3H3,(H2,18,19,20);1H. The first-order valence-corrected chi connectivity index (χ1v) is 7.86. The molecule has 7 nitrogen and oxygen atoms in total. The Labute approximate surface area is 165 Å². The van der Waals surface area contributed by atoms with Gasteiger partial charge in [0, 0.05) is 12.1 Å². The zero-order valence-corrected chi connectivity index (χ0v) is 16.8. The molecule has 0 saturated carbocycles. The van der Waals surface area contributed by atoms with Crippen LogP contribution in [0.4, 0.5) is 0 Å². The number of ether oxygens (including phenoxy) is 1. The highest BCUT2D eigenvalue weighted by Crippen LogP contribution is 2.18. The number of aromatic nitrogens is 2. The summed E-state index contributed by atoms with van der Waals surface area (Å²) >= 11 is 0. The first-order chi connectivity index (χ1) is 11.7. The van der Waals surface area contributed by atoms with Crippen molar-refractivity contribution in [1.82, 2.24) is 20.8 Å². The number of hydrogen-bond donors (Lipinski definition) is 2. The number of aliphatic imine (C=N–C) groups is 1. The summed E-state index contributed by atoms with van der Waals surface area (Å²) in [7, 11) is 0. The number of guanidine groups is 1. The third-order valence-corrected chi connectivity index (χ3v) is 3.06. The summed E-state index contributed by atoms with van der Waals surface area (Å²) in [5.74, 6) is 2.62. The number of hydrogen-bond acceptors (Lipinski definition) is 5. The first kappa shape index (κ1) is 20.9. The lowest BCUT2D eigenvalue weighted by Crippen LogP contribution is -2.36. The van der Waals surface area contributed by atoms with Crippen molar-refractivity contribution in [3.63, 3.8) is 0 Å². The Morgan fingerprint density at radius 2 is 2.16 bits per heavy atom. The van der Waals surface area contributed by atoms with Gasteiger partial charge in [-0.15, -0.1) is 24.0 Å². The van der Waals surface area contributed by atoms with Gasteiger partial charge in [-0.3, -0.25) is 0 Å². The van der Waals surface area contributed by atoms with Gasteiger partial charge < -0.3 is 19.9 Å². The summed E-state index contributed by atoms with van der Waals surface area (Å²) in [6.45, 7) is 9.59. The molecule has 0 spiro atoms. The quantitative estimate of drug-likeness (QED) is 0.275. The summed E-state index contributed by atoms with van der Waals surface area (Å²) in [6.07, 6.45) is 1.72. The van der Waals surface area contributed by atoms with Crippen LogP contribution in [-0.4, -0.2) is 29.3 Å². The molecule has 136 valence electrons. The van der Waals surface area contributed by atoms with Crippen molar-refractivity contribution in [1.29, 1.82) is 0 Å². The molecule has 0 aliphatic carbocycles. The molecule has 1 aromatic heterocycles. The average Bonchev–Trinajstić information content (AvgIpc) is 3.01. The SMILES string of the molecule is C=CCOc1ccccc1CN=C(NCC)NCc1nc(C)no1.I. The minimum Gasteiger partial charge on any atom is -0.489 e. The molecule has 2 rings (SSSR count). The van der Waals surface area contributed by atoms with Crippen LogP contribution in [0.5, 0.6) is 5.75 Å². The van der Waals surface area contributed by atoms with Crippen molar-refractivity contribution in [2.75, 3.05) is 13.2 Å². The smallest absolute Gasteiger partial charge is 0.246 e. The molecule has 0 bridgehead atoms. The van der Waals surface area contributed by atoms with E-state index < -0.39 is 0 Å². The van der Waals surface area contributed by atoms with Crippen LogP contribution in [0.3, 0.4) is 0 Å². The van der Waals surface area contributed by atoms with Gasteiger partial charge in [-0.25, -0.2) is 4.99 Å². The second kappa shape index (κ2) is 11.5. The van der Waals surface area contributed by atoms with E-state index in [1.807, 2.05) is 31.2 Å². The lowest BCUT2D eigenvalue weighted by molar-refractivity contribution is 0.359. The number of aryl methyl sites for hydroxylation is 1. The average molecular weight is 457 g/mol. The van der Waals surface area contributed by atoms with Gasteiger partial charge in [0.25, 0.3) is 0 Å². The molecule has 0 aliphatic heterocycles. The largest absolute Gasteiger partial charge is 0.489 e. The molecule has 0 unspecified atom stereocenters. The van der Waals surface area contributed by atoms with Gasteiger partial charge in [0.2, 0.25) is 5.89 Å².